The van der Waals surface area contributed by atoms with E-state index in [9.17, 15) is 19.4 Å². The standard InChI is InChI=1S/C33H30Cl2N3O5P/c34-11-18-13-37(25-9-24(36)20-5-1-3-7-22(20)28(18)25)30(39)32-15-33(16-32,17-32)31(40)38-14-19(12-35)29-23-8-4-2-6-21(23)27(10-26(29)38)43-44(41)42/h1-10,18-19,41-42H,11-17,36H2. The number of carbonyl (C=O) groups is 2. The summed E-state index contributed by atoms with van der Waals surface area (Å²) in [6, 6.07) is 19.1. The molecule has 2 heterocycles. The summed E-state index contributed by atoms with van der Waals surface area (Å²) < 4.78 is 5.41. The van der Waals surface area contributed by atoms with Gasteiger partial charge >= 0.3 is 8.60 Å². The van der Waals surface area contributed by atoms with E-state index in [2.05, 4.69) is 0 Å². The fourth-order valence-corrected chi connectivity index (χ4v) is 9.33. The Hall–Kier alpha value is -3.13. The molecule has 44 heavy (non-hydrogen) atoms. The number of benzene rings is 4. The molecule has 4 aromatic carbocycles. The number of hydrogen-bond acceptors (Lipinski definition) is 6. The molecule has 4 aromatic rings. The Morgan fingerprint density at radius 1 is 0.795 bits per heavy atom. The zero-order valence-electron chi connectivity index (χ0n) is 23.7. The zero-order valence-corrected chi connectivity index (χ0v) is 26.1. The summed E-state index contributed by atoms with van der Waals surface area (Å²) in [6.07, 6.45) is 1.47. The molecule has 0 radical (unpaired) electrons. The highest BCUT2D eigenvalue weighted by atomic mass is 35.5. The van der Waals surface area contributed by atoms with E-state index in [1.165, 1.54) is 0 Å². The zero-order chi connectivity index (χ0) is 30.5. The largest absolute Gasteiger partial charge is 0.426 e. The van der Waals surface area contributed by atoms with E-state index in [4.69, 9.17) is 33.5 Å². The van der Waals surface area contributed by atoms with Crippen LogP contribution in [0, 0.1) is 10.8 Å². The predicted molar refractivity (Wildman–Crippen MR) is 175 cm³/mol. The highest BCUT2D eigenvalue weighted by molar-refractivity contribution is 7.39. The van der Waals surface area contributed by atoms with Gasteiger partial charge in [0.1, 0.15) is 5.75 Å². The van der Waals surface area contributed by atoms with Crippen molar-refractivity contribution >= 4 is 82.2 Å². The van der Waals surface area contributed by atoms with Crippen molar-refractivity contribution in [2.75, 3.05) is 40.4 Å². The molecule has 226 valence electrons. The van der Waals surface area contributed by atoms with Gasteiger partial charge in [0.2, 0.25) is 11.8 Å². The highest BCUT2D eigenvalue weighted by Crippen LogP contribution is 2.75. The first-order valence-electron chi connectivity index (χ1n) is 14.7. The minimum absolute atomic E-state index is 0.00255. The Kier molecular flexibility index (Phi) is 6.40. The maximum atomic E-state index is 14.2. The minimum Gasteiger partial charge on any atom is -0.426 e. The third kappa shape index (κ3) is 3.82. The molecule has 2 unspecified atom stereocenters. The first-order chi connectivity index (χ1) is 21.2. The second kappa shape index (κ2) is 9.93. The predicted octanol–water partition coefficient (Wildman–Crippen LogP) is 6.37. The number of nitrogens with two attached hydrogens (primary N) is 1. The van der Waals surface area contributed by atoms with Crippen LogP contribution < -0.4 is 20.1 Å². The maximum absolute atomic E-state index is 14.2. The van der Waals surface area contributed by atoms with Crippen molar-refractivity contribution < 1.29 is 23.9 Å². The van der Waals surface area contributed by atoms with E-state index in [1.807, 2.05) is 59.5 Å². The molecule has 3 saturated carbocycles. The van der Waals surface area contributed by atoms with E-state index >= 15 is 0 Å². The van der Waals surface area contributed by atoms with Crippen LogP contribution in [0.4, 0.5) is 17.1 Å². The molecule has 2 aliphatic heterocycles. The number of alkyl halides is 2. The Morgan fingerprint density at radius 3 is 1.75 bits per heavy atom. The van der Waals surface area contributed by atoms with Crippen molar-refractivity contribution in [2.24, 2.45) is 10.8 Å². The van der Waals surface area contributed by atoms with Gasteiger partial charge in [-0.15, -0.1) is 23.2 Å². The third-order valence-corrected chi connectivity index (χ3v) is 11.4. The number of halogens is 2. The summed E-state index contributed by atoms with van der Waals surface area (Å²) >= 11 is 12.9. The molecule has 5 aliphatic rings. The first kappa shape index (κ1) is 28.4. The fourth-order valence-electron chi connectivity index (χ4n) is 8.50. The van der Waals surface area contributed by atoms with Crippen molar-refractivity contribution in [3.63, 3.8) is 0 Å². The second-order valence-corrected chi connectivity index (χ2v) is 14.1. The Morgan fingerprint density at radius 2 is 1.25 bits per heavy atom. The molecule has 2 atom stereocenters. The van der Waals surface area contributed by atoms with Gasteiger partial charge in [-0.1, -0.05) is 48.5 Å². The molecule has 2 amide bonds. The van der Waals surface area contributed by atoms with Gasteiger partial charge in [0.25, 0.3) is 0 Å². The van der Waals surface area contributed by atoms with Gasteiger partial charge in [0, 0.05) is 64.9 Å². The van der Waals surface area contributed by atoms with Crippen LogP contribution in [0.15, 0.2) is 60.7 Å². The van der Waals surface area contributed by atoms with Crippen LogP contribution in [-0.2, 0) is 9.59 Å². The molecule has 0 saturated heterocycles. The quantitative estimate of drug-likeness (QED) is 0.127. The molecule has 0 spiro atoms. The monoisotopic (exact) mass is 649 g/mol. The number of anilines is 3. The Labute approximate surface area is 265 Å². The van der Waals surface area contributed by atoms with Gasteiger partial charge in [-0.25, -0.2) is 0 Å². The topological polar surface area (TPSA) is 116 Å². The number of amides is 2. The highest BCUT2D eigenvalue weighted by Gasteiger charge is 2.76. The number of carbonyl (C=O) groups excluding carboxylic acids is 2. The van der Waals surface area contributed by atoms with E-state index in [1.54, 1.807) is 11.0 Å². The van der Waals surface area contributed by atoms with Gasteiger partial charge in [-0.3, -0.25) is 9.59 Å². The van der Waals surface area contributed by atoms with Gasteiger partial charge in [-0.2, -0.15) is 0 Å². The van der Waals surface area contributed by atoms with Gasteiger partial charge in [0.15, 0.2) is 0 Å². The van der Waals surface area contributed by atoms with Crippen LogP contribution >= 0.6 is 31.8 Å². The number of fused-ring (bicyclic) bond motifs is 6. The number of nitrogens with zero attached hydrogens (tertiary/aromatic N) is 2. The van der Waals surface area contributed by atoms with Gasteiger partial charge in [-0.05, 0) is 47.2 Å². The summed E-state index contributed by atoms with van der Waals surface area (Å²) in [5.74, 6) is 0.965. The number of rotatable bonds is 6. The van der Waals surface area contributed by atoms with E-state index < -0.39 is 19.4 Å². The lowest BCUT2D eigenvalue weighted by molar-refractivity contribution is -0.204. The van der Waals surface area contributed by atoms with E-state index in [0.29, 0.717) is 61.2 Å². The normalized spacial score (nSPS) is 26.5. The van der Waals surface area contributed by atoms with Crippen molar-refractivity contribution in [2.45, 2.75) is 31.1 Å². The van der Waals surface area contributed by atoms with Crippen molar-refractivity contribution in [3.8, 4) is 5.75 Å². The number of nitrogen functional groups attached to an aromatic ring is 1. The summed E-state index contributed by atoms with van der Waals surface area (Å²) in [7, 11) is -2.65. The van der Waals surface area contributed by atoms with Crippen molar-refractivity contribution in [1.29, 1.82) is 0 Å². The molecule has 9 rings (SSSR count). The molecule has 2 bridgehead atoms. The van der Waals surface area contributed by atoms with Crippen LogP contribution in [0.3, 0.4) is 0 Å². The van der Waals surface area contributed by atoms with Crippen LogP contribution in [0.5, 0.6) is 5.75 Å². The number of hydrogen-bond donors (Lipinski definition) is 3. The second-order valence-electron chi connectivity index (χ2n) is 12.8. The lowest BCUT2D eigenvalue weighted by atomic mass is 9.34. The van der Waals surface area contributed by atoms with E-state index in [-0.39, 0.29) is 23.7 Å². The van der Waals surface area contributed by atoms with Crippen molar-refractivity contribution in [1.82, 2.24) is 0 Å². The molecular formula is C33H30Cl2N3O5P. The van der Waals surface area contributed by atoms with Crippen LogP contribution in [-0.4, -0.2) is 46.5 Å². The van der Waals surface area contributed by atoms with E-state index in [0.717, 1.165) is 38.4 Å². The average molecular weight is 650 g/mol. The summed E-state index contributed by atoms with van der Waals surface area (Å²) in [5, 5.41) is 3.59. The van der Waals surface area contributed by atoms with Gasteiger partial charge < -0.3 is 29.8 Å². The van der Waals surface area contributed by atoms with Crippen LogP contribution in [0.25, 0.3) is 21.5 Å². The molecule has 8 nitrogen and oxygen atoms in total. The SMILES string of the molecule is Nc1cc2c(c3ccccc13)C(CCl)CN2C(=O)C12CC(C(=O)N3CC(CCl)c4c3cc(OP(O)O)c3ccccc43)(C1)C2. The summed E-state index contributed by atoms with van der Waals surface area (Å²) in [5.41, 5.74) is 9.41. The Bertz CT molecular complexity index is 1880. The maximum Gasteiger partial charge on any atom is 0.391 e. The fraction of sp³-hybridized carbons (Fsp3) is 0.333. The summed E-state index contributed by atoms with van der Waals surface area (Å²) in [4.78, 5) is 51.3. The molecular weight excluding hydrogens is 620 g/mol. The lowest BCUT2D eigenvalue weighted by Crippen LogP contribution is -2.73. The molecule has 4 N–H and O–H groups in total. The van der Waals surface area contributed by atoms with Crippen molar-refractivity contribution in [3.05, 3.63) is 71.8 Å². The van der Waals surface area contributed by atoms with Crippen LogP contribution in [0.2, 0.25) is 0 Å². The molecule has 11 heteroatoms. The summed E-state index contributed by atoms with van der Waals surface area (Å²) in [6.45, 7) is 0.920. The first-order valence-corrected chi connectivity index (χ1v) is 16.9. The average Bonchev–Trinajstić information content (AvgIpc) is 3.54. The Balaban J connectivity index is 1.09. The third-order valence-electron chi connectivity index (χ3n) is 10.3. The van der Waals surface area contributed by atoms with Gasteiger partial charge in [0.05, 0.1) is 16.5 Å². The van der Waals surface area contributed by atoms with Crippen LogP contribution in [0.1, 0.15) is 42.2 Å². The molecule has 3 fully saturated rings. The smallest absolute Gasteiger partial charge is 0.391 e. The molecule has 3 aliphatic carbocycles. The lowest BCUT2D eigenvalue weighted by Gasteiger charge is -2.69. The molecule has 0 aromatic heterocycles. The minimum atomic E-state index is -2.65.